The number of rotatable bonds is 2. The minimum Gasteiger partial charge on any atom is -0.298 e. The van der Waals surface area contributed by atoms with Crippen molar-refractivity contribution < 1.29 is 18.0 Å². The number of nitrogens with zero attached hydrogens (tertiary/aromatic N) is 2. The Morgan fingerprint density at radius 2 is 1.83 bits per heavy atom. The monoisotopic (exact) mass is 318 g/mol. The number of aromatic nitrogens is 2. The summed E-state index contributed by atoms with van der Waals surface area (Å²) in [6, 6.07) is 6.52. The molecule has 2 aromatic rings. The fraction of sp³-hybridized carbons (Fsp3) is 0.0909. The third-order valence-electron chi connectivity index (χ3n) is 2.23. The van der Waals surface area contributed by atoms with Crippen LogP contribution in [-0.2, 0) is 6.18 Å². The van der Waals surface area contributed by atoms with Crippen LogP contribution in [-0.4, -0.2) is 16.1 Å². The van der Waals surface area contributed by atoms with Crippen LogP contribution in [0.15, 0.2) is 34.9 Å². The molecular weight excluding hydrogens is 313 g/mol. The minimum absolute atomic E-state index is 0.144. The van der Waals surface area contributed by atoms with Crippen molar-refractivity contribution in [1.82, 2.24) is 9.78 Å². The molecule has 0 amide bonds. The molecule has 3 nitrogen and oxygen atoms in total. The molecule has 0 fully saturated rings. The highest BCUT2D eigenvalue weighted by Gasteiger charge is 2.37. The molecule has 2 rings (SSSR count). The van der Waals surface area contributed by atoms with Crippen LogP contribution >= 0.6 is 15.9 Å². The van der Waals surface area contributed by atoms with E-state index in [1.54, 1.807) is 24.3 Å². The Morgan fingerprint density at radius 1 is 1.22 bits per heavy atom. The largest absolute Gasteiger partial charge is 0.435 e. The smallest absolute Gasteiger partial charge is 0.298 e. The Labute approximate surface area is 108 Å². The fourth-order valence-electron chi connectivity index (χ4n) is 1.42. The van der Waals surface area contributed by atoms with Gasteiger partial charge in [-0.15, -0.1) is 0 Å². The predicted molar refractivity (Wildman–Crippen MR) is 61.7 cm³/mol. The fourth-order valence-corrected chi connectivity index (χ4v) is 1.68. The van der Waals surface area contributed by atoms with Crippen molar-refractivity contribution in [3.8, 4) is 5.69 Å². The molecule has 1 aromatic carbocycles. The van der Waals surface area contributed by atoms with E-state index in [0.29, 0.717) is 5.69 Å². The molecule has 7 heteroatoms. The highest BCUT2D eigenvalue weighted by Crippen LogP contribution is 2.30. The molecule has 0 spiro atoms. The Balaban J connectivity index is 2.50. The molecule has 0 saturated heterocycles. The van der Waals surface area contributed by atoms with Gasteiger partial charge >= 0.3 is 6.18 Å². The summed E-state index contributed by atoms with van der Waals surface area (Å²) in [5.74, 6) is 0. The molecule has 0 aliphatic rings. The molecule has 0 atom stereocenters. The van der Waals surface area contributed by atoms with Crippen LogP contribution in [0.4, 0.5) is 13.2 Å². The molecule has 0 bridgehead atoms. The normalized spacial score (nSPS) is 11.6. The molecular formula is C11H6BrF3N2O. The summed E-state index contributed by atoms with van der Waals surface area (Å²) in [7, 11) is 0. The average molecular weight is 319 g/mol. The highest BCUT2D eigenvalue weighted by atomic mass is 79.9. The van der Waals surface area contributed by atoms with Crippen LogP contribution in [0.25, 0.3) is 5.69 Å². The second-order valence-corrected chi connectivity index (χ2v) is 4.39. The Hall–Kier alpha value is -1.63. The highest BCUT2D eigenvalue weighted by molar-refractivity contribution is 9.10. The maximum Gasteiger partial charge on any atom is 0.435 e. The van der Waals surface area contributed by atoms with E-state index in [1.165, 1.54) is 0 Å². The molecule has 0 radical (unpaired) electrons. The van der Waals surface area contributed by atoms with Gasteiger partial charge in [0.2, 0.25) is 0 Å². The van der Waals surface area contributed by atoms with Gasteiger partial charge in [0.15, 0.2) is 12.0 Å². The van der Waals surface area contributed by atoms with E-state index in [9.17, 15) is 18.0 Å². The van der Waals surface area contributed by atoms with Crippen molar-refractivity contribution in [2.24, 2.45) is 0 Å². The molecule has 0 aliphatic carbocycles. The SMILES string of the molecule is O=Cc1cn(-c2ccc(Br)cc2)nc1C(F)(F)F. The first kappa shape index (κ1) is 12.8. The molecule has 0 aliphatic heterocycles. The molecule has 1 aromatic heterocycles. The minimum atomic E-state index is -4.64. The second-order valence-electron chi connectivity index (χ2n) is 3.47. The van der Waals surface area contributed by atoms with Gasteiger partial charge in [0.25, 0.3) is 0 Å². The zero-order valence-electron chi connectivity index (χ0n) is 8.78. The van der Waals surface area contributed by atoms with Gasteiger partial charge in [-0.1, -0.05) is 15.9 Å². The van der Waals surface area contributed by atoms with Gasteiger partial charge in [-0.05, 0) is 24.3 Å². The summed E-state index contributed by atoms with van der Waals surface area (Å²) in [5, 5.41) is 3.40. The lowest BCUT2D eigenvalue weighted by molar-refractivity contribution is -0.141. The predicted octanol–water partition coefficient (Wildman–Crippen LogP) is 3.47. The Kier molecular flexibility index (Phi) is 3.25. The number of halogens is 4. The van der Waals surface area contributed by atoms with Crippen molar-refractivity contribution in [3.05, 3.63) is 46.2 Å². The van der Waals surface area contributed by atoms with Crippen LogP contribution < -0.4 is 0 Å². The number of benzene rings is 1. The molecule has 0 saturated carbocycles. The number of hydrogen-bond acceptors (Lipinski definition) is 2. The van der Waals surface area contributed by atoms with E-state index in [0.717, 1.165) is 15.4 Å². The van der Waals surface area contributed by atoms with Crippen LogP contribution in [0.1, 0.15) is 16.1 Å². The van der Waals surface area contributed by atoms with Gasteiger partial charge in [0, 0.05) is 10.7 Å². The standard InChI is InChI=1S/C11H6BrF3N2O/c12-8-1-3-9(4-2-8)17-5-7(6-18)10(16-17)11(13,14)15/h1-6H. The summed E-state index contributed by atoms with van der Waals surface area (Å²) in [6.45, 7) is 0. The van der Waals surface area contributed by atoms with Crippen LogP contribution in [0.2, 0.25) is 0 Å². The summed E-state index contributed by atoms with van der Waals surface area (Å²) >= 11 is 3.22. The summed E-state index contributed by atoms with van der Waals surface area (Å²) < 4.78 is 39.6. The van der Waals surface area contributed by atoms with E-state index < -0.39 is 17.4 Å². The summed E-state index contributed by atoms with van der Waals surface area (Å²) in [6.07, 6.45) is -3.44. The molecule has 1 heterocycles. The topological polar surface area (TPSA) is 34.9 Å². The molecule has 0 N–H and O–H groups in total. The van der Waals surface area contributed by atoms with Crippen molar-refractivity contribution in [2.75, 3.05) is 0 Å². The molecule has 18 heavy (non-hydrogen) atoms. The van der Waals surface area contributed by atoms with Crippen molar-refractivity contribution in [3.63, 3.8) is 0 Å². The van der Waals surface area contributed by atoms with Gasteiger partial charge in [-0.3, -0.25) is 4.79 Å². The van der Waals surface area contributed by atoms with Crippen LogP contribution in [0.5, 0.6) is 0 Å². The molecule has 0 unspecified atom stereocenters. The first-order valence-corrected chi connectivity index (χ1v) is 5.59. The number of carbonyl (C=O) groups is 1. The Morgan fingerprint density at radius 3 is 2.28 bits per heavy atom. The zero-order valence-corrected chi connectivity index (χ0v) is 10.4. The van der Waals surface area contributed by atoms with Crippen molar-refractivity contribution >= 4 is 22.2 Å². The van der Waals surface area contributed by atoms with Gasteiger partial charge in [-0.2, -0.15) is 18.3 Å². The average Bonchev–Trinajstić information content (AvgIpc) is 2.73. The van der Waals surface area contributed by atoms with Gasteiger partial charge in [-0.25, -0.2) is 4.68 Å². The summed E-state index contributed by atoms with van der Waals surface area (Å²) in [4.78, 5) is 10.6. The maximum atomic E-state index is 12.6. The first-order chi connectivity index (χ1) is 8.41. The van der Waals surface area contributed by atoms with Crippen LogP contribution in [0, 0.1) is 0 Å². The van der Waals surface area contributed by atoms with E-state index in [1.807, 2.05) is 0 Å². The van der Waals surface area contributed by atoms with Gasteiger partial charge in [0.1, 0.15) is 0 Å². The number of alkyl halides is 3. The van der Waals surface area contributed by atoms with E-state index >= 15 is 0 Å². The van der Waals surface area contributed by atoms with E-state index in [4.69, 9.17) is 0 Å². The third-order valence-corrected chi connectivity index (χ3v) is 2.76. The van der Waals surface area contributed by atoms with E-state index in [2.05, 4.69) is 21.0 Å². The van der Waals surface area contributed by atoms with Crippen molar-refractivity contribution in [1.29, 1.82) is 0 Å². The number of hydrogen-bond donors (Lipinski definition) is 0. The van der Waals surface area contributed by atoms with Crippen molar-refractivity contribution in [2.45, 2.75) is 6.18 Å². The zero-order chi connectivity index (χ0) is 13.3. The lowest BCUT2D eigenvalue weighted by Gasteiger charge is -2.03. The molecule has 94 valence electrons. The number of carbonyl (C=O) groups excluding carboxylic acids is 1. The van der Waals surface area contributed by atoms with Crippen LogP contribution in [0.3, 0.4) is 0 Å². The number of aldehydes is 1. The van der Waals surface area contributed by atoms with Gasteiger partial charge in [0.05, 0.1) is 11.3 Å². The first-order valence-electron chi connectivity index (χ1n) is 4.80. The lowest BCUT2D eigenvalue weighted by Crippen LogP contribution is -2.09. The quantitative estimate of drug-likeness (QED) is 0.795. The third kappa shape index (κ3) is 2.45. The Bertz CT molecular complexity index is 575. The maximum absolute atomic E-state index is 12.6. The second kappa shape index (κ2) is 4.56. The van der Waals surface area contributed by atoms with E-state index in [-0.39, 0.29) is 6.29 Å². The summed E-state index contributed by atoms with van der Waals surface area (Å²) in [5.41, 5.74) is -1.22. The van der Waals surface area contributed by atoms with Gasteiger partial charge < -0.3 is 0 Å². The lowest BCUT2D eigenvalue weighted by atomic mass is 10.2.